The minimum atomic E-state index is 0.394. The number of rotatable bonds is 7. The van der Waals surface area contributed by atoms with E-state index < -0.39 is 0 Å². The van der Waals surface area contributed by atoms with Crippen molar-refractivity contribution >= 4 is 29.2 Å². The van der Waals surface area contributed by atoms with E-state index in [4.69, 9.17) is 14.4 Å². The van der Waals surface area contributed by atoms with E-state index in [9.17, 15) is 0 Å². The van der Waals surface area contributed by atoms with Gasteiger partial charge in [-0.3, -0.25) is 4.98 Å². The molecular weight excluding hydrogens is 434 g/mol. The van der Waals surface area contributed by atoms with Crippen molar-refractivity contribution < 1.29 is 4.42 Å². The number of pyridine rings is 2. The summed E-state index contributed by atoms with van der Waals surface area (Å²) in [6.45, 7) is 6.24. The van der Waals surface area contributed by atoms with Crippen LogP contribution in [-0.4, -0.2) is 28.0 Å². The number of allylic oxidation sites excluding steroid dienone is 3. The average molecular weight is 468 g/mol. The fourth-order valence-corrected chi connectivity index (χ4v) is 4.53. The van der Waals surface area contributed by atoms with E-state index in [0.717, 1.165) is 89.9 Å². The highest BCUT2D eigenvalue weighted by Crippen LogP contribution is 2.37. The van der Waals surface area contributed by atoms with E-state index in [-0.39, 0.29) is 0 Å². The quantitative estimate of drug-likeness (QED) is 0.528. The number of nitrogens with one attached hydrogen (secondary N) is 2. The molecule has 0 amide bonds. The Morgan fingerprint density at radius 2 is 2.06 bits per heavy atom. The zero-order chi connectivity index (χ0) is 24.0. The average Bonchev–Trinajstić information content (AvgIpc) is 3.63. The maximum Gasteiger partial charge on any atom is 0.197 e. The molecule has 5 rings (SSSR count). The van der Waals surface area contributed by atoms with Gasteiger partial charge in [0.2, 0.25) is 0 Å². The minimum absolute atomic E-state index is 0.394. The van der Waals surface area contributed by atoms with Crippen LogP contribution in [0.4, 0.5) is 5.82 Å². The van der Waals surface area contributed by atoms with Crippen LogP contribution in [-0.2, 0) is 0 Å². The van der Waals surface area contributed by atoms with Crippen LogP contribution in [0.15, 0.2) is 59.1 Å². The van der Waals surface area contributed by atoms with E-state index in [1.165, 1.54) is 5.57 Å². The summed E-state index contributed by atoms with van der Waals surface area (Å²) in [5.41, 5.74) is 5.52. The van der Waals surface area contributed by atoms with Gasteiger partial charge in [0.25, 0.3) is 0 Å². The van der Waals surface area contributed by atoms with Gasteiger partial charge >= 0.3 is 0 Å². The molecule has 0 spiro atoms. The van der Waals surface area contributed by atoms with Crippen LogP contribution in [0.1, 0.15) is 69.0 Å². The van der Waals surface area contributed by atoms with Crippen molar-refractivity contribution in [2.45, 2.75) is 51.9 Å². The van der Waals surface area contributed by atoms with Gasteiger partial charge in [0.15, 0.2) is 5.89 Å². The first-order chi connectivity index (χ1) is 17.2. The summed E-state index contributed by atoms with van der Waals surface area (Å²) in [7, 11) is 0. The van der Waals surface area contributed by atoms with Crippen molar-refractivity contribution in [3.63, 3.8) is 0 Å². The molecule has 1 saturated heterocycles. The standard InChI is InChI=1S/C29H33N5O/c1-3-6-23-18-32-27(16-25(23)15-20(4-2)24-7-5-12-31-17-24)34-28(21-8-9-21)26-19-35-29(33-26)22-10-13-30-14-11-22/h4-7,12,15-19,22,30,34H,3,8-11,13-14H2,1-2H3/b20-4+,23-6+,25-15-. The van der Waals surface area contributed by atoms with Gasteiger partial charge in [-0.2, -0.15) is 0 Å². The van der Waals surface area contributed by atoms with Gasteiger partial charge in [-0.1, -0.05) is 25.1 Å². The lowest BCUT2D eigenvalue weighted by Crippen LogP contribution is -2.26. The van der Waals surface area contributed by atoms with Crippen LogP contribution in [0, 0.1) is 0 Å². The lowest BCUT2D eigenvalue weighted by atomic mass is 9.98. The maximum atomic E-state index is 5.93. The Morgan fingerprint density at radius 1 is 1.20 bits per heavy atom. The predicted octanol–water partition coefficient (Wildman–Crippen LogP) is 4.62. The number of nitrogens with zero attached hydrogens (tertiary/aromatic N) is 3. The molecule has 0 bridgehead atoms. The highest BCUT2D eigenvalue weighted by atomic mass is 16.3. The van der Waals surface area contributed by atoms with Crippen LogP contribution < -0.4 is 21.1 Å². The van der Waals surface area contributed by atoms with Crippen molar-refractivity contribution in [3.8, 4) is 0 Å². The van der Waals surface area contributed by atoms with E-state index in [2.05, 4.69) is 59.8 Å². The van der Waals surface area contributed by atoms with Crippen molar-refractivity contribution in [1.29, 1.82) is 0 Å². The van der Waals surface area contributed by atoms with Crippen molar-refractivity contribution in [1.82, 2.24) is 20.3 Å². The molecule has 0 atom stereocenters. The molecule has 180 valence electrons. The van der Waals surface area contributed by atoms with Crippen molar-refractivity contribution in [2.24, 2.45) is 0 Å². The molecule has 2 aliphatic rings. The molecule has 0 unspecified atom stereocenters. The summed E-state index contributed by atoms with van der Waals surface area (Å²) in [6.07, 6.45) is 19.2. The maximum absolute atomic E-state index is 5.93. The first-order valence-electron chi connectivity index (χ1n) is 12.7. The molecule has 1 aliphatic heterocycles. The molecule has 1 saturated carbocycles. The summed E-state index contributed by atoms with van der Waals surface area (Å²) in [6, 6.07) is 6.18. The summed E-state index contributed by atoms with van der Waals surface area (Å²) >= 11 is 0. The number of oxazole rings is 1. The van der Waals surface area contributed by atoms with E-state index >= 15 is 0 Å². The SMILES string of the molecule is C\C=C(/C=c1/cc(NC(=C2CC2)c2coc(C3CCNCC3)n2)nc/c1=C\CC)c1cccnc1. The highest BCUT2D eigenvalue weighted by Gasteiger charge is 2.25. The molecule has 0 radical (unpaired) electrons. The van der Waals surface area contributed by atoms with Gasteiger partial charge in [0.05, 0.1) is 5.70 Å². The summed E-state index contributed by atoms with van der Waals surface area (Å²) in [5.74, 6) is 2.06. The highest BCUT2D eigenvalue weighted by molar-refractivity contribution is 5.88. The molecule has 2 fully saturated rings. The molecule has 35 heavy (non-hydrogen) atoms. The molecule has 3 aromatic heterocycles. The summed E-state index contributed by atoms with van der Waals surface area (Å²) in [4.78, 5) is 13.9. The van der Waals surface area contributed by atoms with Crippen LogP contribution in [0.5, 0.6) is 0 Å². The van der Waals surface area contributed by atoms with Crippen LogP contribution in [0.25, 0.3) is 23.4 Å². The fourth-order valence-electron chi connectivity index (χ4n) is 4.53. The Hall–Kier alpha value is -3.51. The third-order valence-electron chi connectivity index (χ3n) is 6.58. The normalized spacial score (nSPS) is 17.7. The Bertz CT molecular complexity index is 1340. The van der Waals surface area contributed by atoms with Crippen LogP contribution >= 0.6 is 0 Å². The minimum Gasteiger partial charge on any atom is -0.448 e. The van der Waals surface area contributed by atoms with Gasteiger partial charge in [0.1, 0.15) is 17.8 Å². The number of hydrogen-bond donors (Lipinski definition) is 2. The monoisotopic (exact) mass is 467 g/mol. The molecule has 6 heteroatoms. The number of hydrogen-bond acceptors (Lipinski definition) is 6. The second kappa shape index (κ2) is 10.8. The lowest BCUT2D eigenvalue weighted by Gasteiger charge is -2.19. The number of piperidine rings is 1. The van der Waals surface area contributed by atoms with Gasteiger partial charge in [-0.25, -0.2) is 9.97 Å². The lowest BCUT2D eigenvalue weighted by molar-refractivity contribution is 0.374. The Balaban J connectivity index is 1.47. The third-order valence-corrected chi connectivity index (χ3v) is 6.58. The van der Waals surface area contributed by atoms with E-state index in [1.807, 2.05) is 18.5 Å². The molecule has 4 heterocycles. The van der Waals surface area contributed by atoms with Crippen LogP contribution in [0.3, 0.4) is 0 Å². The summed E-state index contributed by atoms with van der Waals surface area (Å²) in [5, 5.41) is 9.24. The van der Waals surface area contributed by atoms with Crippen LogP contribution in [0.2, 0.25) is 0 Å². The first kappa shape index (κ1) is 23.2. The number of aromatic nitrogens is 3. The van der Waals surface area contributed by atoms with E-state index in [1.54, 1.807) is 12.5 Å². The Kier molecular flexibility index (Phi) is 7.19. The number of anilines is 1. The molecule has 1 aliphatic carbocycles. The Labute approximate surface area is 206 Å². The largest absolute Gasteiger partial charge is 0.448 e. The smallest absolute Gasteiger partial charge is 0.197 e. The first-order valence-corrected chi connectivity index (χ1v) is 12.7. The van der Waals surface area contributed by atoms with Gasteiger partial charge < -0.3 is 15.1 Å². The Morgan fingerprint density at radius 3 is 2.77 bits per heavy atom. The fraction of sp³-hybridized carbons (Fsp3) is 0.345. The topological polar surface area (TPSA) is 75.9 Å². The predicted molar refractivity (Wildman–Crippen MR) is 142 cm³/mol. The van der Waals surface area contributed by atoms with Crippen molar-refractivity contribution in [2.75, 3.05) is 18.4 Å². The van der Waals surface area contributed by atoms with Gasteiger partial charge in [0, 0.05) is 24.5 Å². The third kappa shape index (κ3) is 5.60. The van der Waals surface area contributed by atoms with Crippen molar-refractivity contribution in [3.05, 3.63) is 82.3 Å². The molecule has 0 aromatic carbocycles. The molecule has 2 N–H and O–H groups in total. The zero-order valence-electron chi connectivity index (χ0n) is 20.6. The van der Waals surface area contributed by atoms with E-state index in [0.29, 0.717) is 5.92 Å². The van der Waals surface area contributed by atoms with Gasteiger partial charge in [-0.15, -0.1) is 0 Å². The summed E-state index contributed by atoms with van der Waals surface area (Å²) < 4.78 is 5.93. The second-order valence-corrected chi connectivity index (χ2v) is 9.14. The molecular formula is C29H33N5O. The van der Waals surface area contributed by atoms with Gasteiger partial charge in [-0.05, 0) is 97.5 Å². The second-order valence-electron chi connectivity index (χ2n) is 9.14. The zero-order valence-corrected chi connectivity index (χ0v) is 20.6. The molecule has 6 nitrogen and oxygen atoms in total. The molecule has 3 aromatic rings.